The minimum Gasteiger partial charge on any atom is -0.181 e. The van der Waals surface area contributed by atoms with Crippen LogP contribution >= 0.6 is 0 Å². The summed E-state index contributed by atoms with van der Waals surface area (Å²) in [5, 5.41) is 2.21. The second-order valence-electron chi connectivity index (χ2n) is 5.88. The van der Waals surface area contributed by atoms with Gasteiger partial charge in [0.25, 0.3) is 0 Å². The Labute approximate surface area is 142 Å². The molecule has 1 aliphatic heterocycles. The van der Waals surface area contributed by atoms with Crippen LogP contribution < -0.4 is 10.6 Å². The average Bonchev–Trinajstić information content (AvgIpc) is 2.67. The van der Waals surface area contributed by atoms with E-state index >= 15 is 0 Å². The molecule has 0 atom stereocenters. The summed E-state index contributed by atoms with van der Waals surface area (Å²) in [5.74, 6) is 0. The normalized spacial score (nSPS) is 14.7. The number of benzene rings is 3. The van der Waals surface area contributed by atoms with E-state index in [0.29, 0.717) is 0 Å². The molecule has 0 bridgehead atoms. The lowest BCUT2D eigenvalue weighted by atomic mass is 9.94. The standard InChI is InChI=1S/C23H18N/c1-3-9-18(10-4-1)15-16-21-17-20-13-7-8-14-22(20)24-23(21)19-11-5-2-6-12-19/h1-14,16-17H,15H2/q+1/b21-16-. The summed E-state index contributed by atoms with van der Waals surface area (Å²) in [7, 11) is 0. The van der Waals surface area contributed by atoms with E-state index in [9.17, 15) is 0 Å². The third-order valence-electron chi connectivity index (χ3n) is 4.20. The summed E-state index contributed by atoms with van der Waals surface area (Å²) in [5.41, 5.74) is 3.65. The van der Waals surface area contributed by atoms with Gasteiger partial charge >= 0.3 is 0 Å². The molecule has 1 nitrogen and oxygen atoms in total. The number of rotatable bonds is 3. The highest BCUT2D eigenvalue weighted by Crippen LogP contribution is 2.27. The molecule has 0 N–H and O–H groups in total. The molecule has 4 rings (SSSR count). The minimum absolute atomic E-state index is 0.903. The van der Waals surface area contributed by atoms with Crippen LogP contribution in [0.15, 0.2) is 102 Å². The molecular formula is C23H18N+. The van der Waals surface area contributed by atoms with Gasteiger partial charge in [0, 0.05) is 12.5 Å². The first kappa shape index (κ1) is 14.5. The summed E-state index contributed by atoms with van der Waals surface area (Å²) < 4.78 is 0. The van der Waals surface area contributed by atoms with E-state index in [0.717, 1.165) is 23.4 Å². The van der Waals surface area contributed by atoms with Crippen LogP contribution in [0.4, 0.5) is 0 Å². The number of allylic oxidation sites excluding steroid dienone is 1. The largest absolute Gasteiger partial charge is 0.181 e. The van der Waals surface area contributed by atoms with Gasteiger partial charge in [-0.1, -0.05) is 42.5 Å². The Morgan fingerprint density at radius 1 is 0.750 bits per heavy atom. The molecule has 0 aliphatic carbocycles. The first-order chi connectivity index (χ1) is 11.9. The van der Waals surface area contributed by atoms with Crippen LogP contribution in [-0.2, 0) is 6.42 Å². The smallest absolute Gasteiger partial charge is 0.152 e. The van der Waals surface area contributed by atoms with E-state index in [-0.39, 0.29) is 0 Å². The zero-order valence-corrected chi connectivity index (χ0v) is 13.4. The van der Waals surface area contributed by atoms with Gasteiger partial charge in [-0.2, -0.15) is 4.99 Å². The minimum atomic E-state index is 0.903. The Morgan fingerprint density at radius 2 is 1.42 bits per heavy atom. The van der Waals surface area contributed by atoms with Crippen molar-refractivity contribution in [3.63, 3.8) is 0 Å². The summed E-state index contributed by atoms with van der Waals surface area (Å²) in [6.07, 6.45) is 5.42. The van der Waals surface area contributed by atoms with Gasteiger partial charge < -0.3 is 0 Å². The molecule has 3 aromatic carbocycles. The van der Waals surface area contributed by atoms with Crippen molar-refractivity contribution < 1.29 is 0 Å². The number of nitrogens with zero attached hydrogens (tertiary/aromatic N) is 1. The van der Waals surface area contributed by atoms with Gasteiger partial charge in [-0.05, 0) is 54.1 Å². The molecule has 24 heavy (non-hydrogen) atoms. The molecular weight excluding hydrogens is 290 g/mol. The van der Waals surface area contributed by atoms with E-state index in [1.54, 1.807) is 0 Å². The number of hydrogen-bond donors (Lipinski definition) is 0. The van der Waals surface area contributed by atoms with Gasteiger partial charge in [0.2, 0.25) is 0 Å². The SMILES string of the molecule is C1=c2ccccc2=N[C+](c2ccccc2)/C1=C\Cc1ccccc1. The maximum Gasteiger partial charge on any atom is 0.152 e. The quantitative estimate of drug-likeness (QED) is 0.652. The van der Waals surface area contributed by atoms with Crippen molar-refractivity contribution >= 4 is 6.08 Å². The van der Waals surface area contributed by atoms with E-state index in [4.69, 9.17) is 4.99 Å². The number of fused-ring (bicyclic) bond motifs is 1. The molecule has 114 valence electrons. The molecule has 1 heteroatoms. The third kappa shape index (κ3) is 3.02. The molecule has 0 saturated heterocycles. The van der Waals surface area contributed by atoms with Crippen LogP contribution in [0, 0.1) is 6.04 Å². The van der Waals surface area contributed by atoms with Crippen LogP contribution in [0.2, 0.25) is 0 Å². The highest BCUT2D eigenvalue weighted by Gasteiger charge is 2.23. The van der Waals surface area contributed by atoms with Gasteiger partial charge in [-0.3, -0.25) is 0 Å². The summed E-state index contributed by atoms with van der Waals surface area (Å²) in [6.45, 7) is 0. The second-order valence-corrected chi connectivity index (χ2v) is 5.88. The number of para-hydroxylation sites is 1. The first-order valence-electron chi connectivity index (χ1n) is 8.22. The Kier molecular flexibility index (Phi) is 3.99. The van der Waals surface area contributed by atoms with Gasteiger partial charge in [0.05, 0.1) is 16.4 Å². The molecule has 3 aromatic rings. The van der Waals surface area contributed by atoms with E-state index in [1.807, 2.05) is 12.1 Å². The molecule has 0 spiro atoms. The van der Waals surface area contributed by atoms with Gasteiger partial charge in [0.15, 0.2) is 6.04 Å². The van der Waals surface area contributed by atoms with Crippen molar-refractivity contribution in [1.82, 2.24) is 0 Å². The van der Waals surface area contributed by atoms with E-state index in [1.165, 1.54) is 16.4 Å². The predicted octanol–water partition coefficient (Wildman–Crippen LogP) is 3.85. The van der Waals surface area contributed by atoms with Crippen molar-refractivity contribution in [2.24, 2.45) is 4.99 Å². The van der Waals surface area contributed by atoms with Crippen LogP contribution in [0.25, 0.3) is 6.08 Å². The predicted molar refractivity (Wildman–Crippen MR) is 98.7 cm³/mol. The molecule has 0 saturated carbocycles. The highest BCUT2D eigenvalue weighted by atomic mass is 14.8. The van der Waals surface area contributed by atoms with E-state index in [2.05, 4.69) is 84.9 Å². The van der Waals surface area contributed by atoms with E-state index < -0.39 is 0 Å². The lowest BCUT2D eigenvalue weighted by Crippen LogP contribution is -2.29. The van der Waals surface area contributed by atoms with Crippen molar-refractivity contribution in [1.29, 1.82) is 0 Å². The second kappa shape index (κ2) is 6.59. The lowest BCUT2D eigenvalue weighted by Gasteiger charge is -2.11. The Hall–Kier alpha value is -3.06. The highest BCUT2D eigenvalue weighted by molar-refractivity contribution is 5.62. The fourth-order valence-corrected chi connectivity index (χ4v) is 2.96. The fraction of sp³-hybridized carbons (Fsp3) is 0.0435. The molecule has 0 aromatic heterocycles. The first-order valence-corrected chi connectivity index (χ1v) is 8.22. The fourth-order valence-electron chi connectivity index (χ4n) is 2.96. The zero-order chi connectivity index (χ0) is 16.2. The van der Waals surface area contributed by atoms with Gasteiger partial charge in [-0.15, -0.1) is 0 Å². The van der Waals surface area contributed by atoms with Crippen LogP contribution in [0.1, 0.15) is 11.1 Å². The van der Waals surface area contributed by atoms with Crippen molar-refractivity contribution in [2.45, 2.75) is 6.42 Å². The number of hydrogen-bond acceptors (Lipinski definition) is 1. The summed E-state index contributed by atoms with van der Waals surface area (Å²) >= 11 is 0. The summed E-state index contributed by atoms with van der Waals surface area (Å²) in [4.78, 5) is 4.93. The van der Waals surface area contributed by atoms with Crippen LogP contribution in [0.5, 0.6) is 0 Å². The van der Waals surface area contributed by atoms with Crippen molar-refractivity contribution in [3.05, 3.63) is 124 Å². The lowest BCUT2D eigenvalue weighted by molar-refractivity contribution is 1.04. The Morgan fingerprint density at radius 3 is 2.21 bits per heavy atom. The molecule has 0 radical (unpaired) electrons. The maximum atomic E-state index is 4.93. The molecule has 1 aliphatic rings. The molecule has 1 heterocycles. The van der Waals surface area contributed by atoms with Crippen LogP contribution in [0.3, 0.4) is 0 Å². The third-order valence-corrected chi connectivity index (χ3v) is 4.20. The topological polar surface area (TPSA) is 12.4 Å². The maximum absolute atomic E-state index is 4.93. The average molecular weight is 308 g/mol. The van der Waals surface area contributed by atoms with Crippen LogP contribution in [-0.4, -0.2) is 0 Å². The van der Waals surface area contributed by atoms with Gasteiger partial charge in [-0.25, -0.2) is 0 Å². The Balaban J connectivity index is 1.78. The molecule has 0 amide bonds. The van der Waals surface area contributed by atoms with Crippen molar-refractivity contribution in [3.8, 4) is 0 Å². The summed E-state index contributed by atoms with van der Waals surface area (Å²) in [6, 6.07) is 30.3. The molecule has 0 unspecified atom stereocenters. The van der Waals surface area contributed by atoms with Crippen molar-refractivity contribution in [2.75, 3.05) is 0 Å². The zero-order valence-electron chi connectivity index (χ0n) is 13.4. The Bertz CT molecular complexity index is 969. The molecule has 0 fully saturated rings. The monoisotopic (exact) mass is 308 g/mol. The van der Waals surface area contributed by atoms with Gasteiger partial charge in [0.1, 0.15) is 5.36 Å².